The predicted octanol–water partition coefficient (Wildman–Crippen LogP) is 2.17. The molecule has 23 heavy (non-hydrogen) atoms. The van der Waals surface area contributed by atoms with Crippen LogP contribution in [0.25, 0.3) is 0 Å². The maximum Gasteiger partial charge on any atom is 0.410 e. The van der Waals surface area contributed by atoms with Gasteiger partial charge in [-0.2, -0.15) is 0 Å². The van der Waals surface area contributed by atoms with Gasteiger partial charge in [-0.15, -0.1) is 0 Å². The molecule has 2 aliphatic heterocycles. The smallest absolute Gasteiger partial charge is 0.410 e. The third-order valence-corrected chi connectivity index (χ3v) is 3.83. The van der Waals surface area contributed by atoms with E-state index < -0.39 is 23.1 Å². The summed E-state index contributed by atoms with van der Waals surface area (Å²) in [4.78, 5) is 27.4. The van der Waals surface area contributed by atoms with Gasteiger partial charge in [0.15, 0.2) is 0 Å². The lowest BCUT2D eigenvalue weighted by atomic mass is 9.90. The summed E-state index contributed by atoms with van der Waals surface area (Å²) in [5.41, 5.74) is -1.26. The van der Waals surface area contributed by atoms with Gasteiger partial charge < -0.3 is 14.4 Å². The highest BCUT2D eigenvalue weighted by Gasteiger charge is 2.58. The van der Waals surface area contributed by atoms with Crippen molar-refractivity contribution in [3.05, 3.63) is 24.0 Å². The van der Waals surface area contributed by atoms with Crippen molar-refractivity contribution >= 4 is 17.7 Å². The van der Waals surface area contributed by atoms with Gasteiger partial charge in [0.2, 0.25) is 5.60 Å². The first kappa shape index (κ1) is 15.6. The van der Waals surface area contributed by atoms with Crippen LogP contribution in [0, 0.1) is 5.82 Å². The Hall–Kier alpha value is -2.31. The van der Waals surface area contributed by atoms with Crippen LogP contribution in [0.15, 0.2) is 18.2 Å². The number of likely N-dealkylation sites (N-methyl/N-ethyl adjacent to an activating group) is 1. The van der Waals surface area contributed by atoms with Crippen LogP contribution in [0.3, 0.4) is 0 Å². The van der Waals surface area contributed by atoms with Crippen LogP contribution in [0.1, 0.15) is 20.8 Å². The molecule has 1 aromatic carbocycles. The first-order valence-electron chi connectivity index (χ1n) is 7.36. The van der Waals surface area contributed by atoms with Gasteiger partial charge in [0.1, 0.15) is 17.2 Å². The first-order chi connectivity index (χ1) is 10.6. The number of likely N-dealkylation sites (tertiary alicyclic amines) is 1. The minimum atomic E-state index is -1.16. The van der Waals surface area contributed by atoms with E-state index in [0.29, 0.717) is 11.4 Å². The number of ether oxygens (including phenoxy) is 2. The average molecular weight is 322 g/mol. The maximum absolute atomic E-state index is 13.4. The molecule has 0 radical (unpaired) electrons. The van der Waals surface area contributed by atoms with Crippen molar-refractivity contribution in [1.29, 1.82) is 0 Å². The highest BCUT2D eigenvalue weighted by molar-refractivity contribution is 6.04. The number of anilines is 1. The Morgan fingerprint density at radius 3 is 2.61 bits per heavy atom. The van der Waals surface area contributed by atoms with Gasteiger partial charge in [0.05, 0.1) is 18.8 Å². The third-order valence-electron chi connectivity index (χ3n) is 3.83. The van der Waals surface area contributed by atoms with Crippen LogP contribution in [0.4, 0.5) is 14.9 Å². The summed E-state index contributed by atoms with van der Waals surface area (Å²) in [7, 11) is 1.61. The lowest BCUT2D eigenvalue weighted by Crippen LogP contribution is -2.74. The molecule has 0 saturated carbocycles. The summed E-state index contributed by atoms with van der Waals surface area (Å²) in [6, 6.07) is 4.02. The summed E-state index contributed by atoms with van der Waals surface area (Å²) in [5.74, 6) is -0.391. The van der Waals surface area contributed by atoms with Gasteiger partial charge in [0, 0.05) is 13.1 Å². The molecule has 3 rings (SSSR count). The van der Waals surface area contributed by atoms with Crippen LogP contribution in [-0.4, -0.2) is 48.2 Å². The van der Waals surface area contributed by atoms with Crippen LogP contribution < -0.4 is 9.64 Å². The number of carbonyl (C=O) groups is 2. The quantitative estimate of drug-likeness (QED) is 0.734. The average Bonchev–Trinajstić information content (AvgIpc) is 2.38. The first-order valence-corrected chi connectivity index (χ1v) is 7.36. The van der Waals surface area contributed by atoms with Crippen LogP contribution in [-0.2, 0) is 9.53 Å². The van der Waals surface area contributed by atoms with Crippen molar-refractivity contribution < 1.29 is 23.5 Å². The standard InChI is InChI=1S/C16H19FN2O4/c1-15(2,3)23-14(21)19-8-16(9-19)13(20)18(4)11-6-5-10(17)7-12(11)22-16/h5-7H,8-9H2,1-4H3. The summed E-state index contributed by atoms with van der Waals surface area (Å²) in [6.45, 7) is 5.49. The van der Waals surface area contributed by atoms with Gasteiger partial charge >= 0.3 is 6.09 Å². The summed E-state index contributed by atoms with van der Waals surface area (Å²) in [5, 5.41) is 0. The zero-order valence-electron chi connectivity index (χ0n) is 13.6. The van der Waals surface area contributed by atoms with Gasteiger partial charge in [-0.3, -0.25) is 9.69 Å². The van der Waals surface area contributed by atoms with E-state index in [1.54, 1.807) is 27.8 Å². The number of fused-ring (bicyclic) bond motifs is 1. The van der Waals surface area contributed by atoms with E-state index in [9.17, 15) is 14.0 Å². The SMILES string of the molecule is CN1C(=O)C2(CN(C(=O)OC(C)(C)C)C2)Oc2cc(F)ccc21. The van der Waals surface area contributed by atoms with E-state index in [1.165, 1.54) is 28.0 Å². The Labute approximate surface area is 133 Å². The zero-order valence-corrected chi connectivity index (χ0v) is 13.6. The Morgan fingerprint density at radius 1 is 1.35 bits per heavy atom. The van der Waals surface area contributed by atoms with Crippen LogP contribution in [0.5, 0.6) is 5.75 Å². The Kier molecular flexibility index (Phi) is 3.28. The molecule has 0 aromatic heterocycles. The molecule has 0 unspecified atom stereocenters. The lowest BCUT2D eigenvalue weighted by Gasteiger charge is -2.51. The van der Waals surface area contributed by atoms with Crippen molar-refractivity contribution in [3.8, 4) is 5.75 Å². The van der Waals surface area contributed by atoms with Crippen LogP contribution >= 0.6 is 0 Å². The van der Waals surface area contributed by atoms with Crippen LogP contribution in [0.2, 0.25) is 0 Å². The molecular weight excluding hydrogens is 303 g/mol. The van der Waals surface area contributed by atoms with E-state index >= 15 is 0 Å². The molecule has 1 spiro atoms. The molecule has 1 aromatic rings. The fraction of sp³-hybridized carbons (Fsp3) is 0.500. The van der Waals surface area contributed by atoms with Gasteiger partial charge in [-0.05, 0) is 32.9 Å². The Balaban J connectivity index is 1.78. The van der Waals surface area contributed by atoms with E-state index in [-0.39, 0.29) is 19.0 Å². The number of nitrogens with zero attached hydrogens (tertiary/aromatic N) is 2. The predicted molar refractivity (Wildman–Crippen MR) is 81.0 cm³/mol. The van der Waals surface area contributed by atoms with Crippen molar-refractivity contribution in [1.82, 2.24) is 4.90 Å². The van der Waals surface area contributed by atoms with Crippen molar-refractivity contribution in [2.45, 2.75) is 32.0 Å². The lowest BCUT2D eigenvalue weighted by molar-refractivity contribution is -0.150. The number of rotatable bonds is 0. The second kappa shape index (κ2) is 4.84. The highest BCUT2D eigenvalue weighted by Crippen LogP contribution is 2.41. The Bertz CT molecular complexity index is 677. The molecule has 124 valence electrons. The number of halogens is 1. The number of amides is 2. The third kappa shape index (κ3) is 2.60. The fourth-order valence-electron chi connectivity index (χ4n) is 2.74. The summed E-state index contributed by atoms with van der Waals surface area (Å²) in [6.07, 6.45) is -0.493. The normalized spacial score (nSPS) is 19.1. The molecule has 2 amide bonds. The molecule has 0 N–H and O–H groups in total. The second-order valence-corrected chi connectivity index (χ2v) is 6.91. The largest absolute Gasteiger partial charge is 0.471 e. The molecule has 0 atom stereocenters. The fourth-order valence-corrected chi connectivity index (χ4v) is 2.74. The molecule has 6 nitrogen and oxygen atoms in total. The van der Waals surface area contributed by atoms with Crippen molar-refractivity contribution in [2.24, 2.45) is 0 Å². The summed E-state index contributed by atoms with van der Waals surface area (Å²) < 4.78 is 24.4. The molecule has 2 aliphatic rings. The van der Waals surface area contributed by atoms with Gasteiger partial charge in [0.25, 0.3) is 5.91 Å². The van der Waals surface area contributed by atoms with E-state index in [4.69, 9.17) is 9.47 Å². The zero-order chi connectivity index (χ0) is 17.0. The van der Waals surface area contributed by atoms with E-state index in [0.717, 1.165) is 0 Å². The topological polar surface area (TPSA) is 59.1 Å². The molecular formula is C16H19FN2O4. The molecule has 7 heteroatoms. The van der Waals surface area contributed by atoms with Crippen molar-refractivity contribution in [3.63, 3.8) is 0 Å². The molecule has 0 bridgehead atoms. The van der Waals surface area contributed by atoms with Gasteiger partial charge in [-0.25, -0.2) is 9.18 Å². The number of hydrogen-bond donors (Lipinski definition) is 0. The van der Waals surface area contributed by atoms with E-state index in [1.807, 2.05) is 0 Å². The maximum atomic E-state index is 13.4. The van der Waals surface area contributed by atoms with E-state index in [2.05, 4.69) is 0 Å². The summed E-state index contributed by atoms with van der Waals surface area (Å²) >= 11 is 0. The number of hydrogen-bond acceptors (Lipinski definition) is 4. The number of carbonyl (C=O) groups excluding carboxylic acids is 2. The number of benzene rings is 1. The minimum Gasteiger partial charge on any atom is -0.471 e. The molecule has 1 fully saturated rings. The molecule has 2 heterocycles. The van der Waals surface area contributed by atoms with Gasteiger partial charge in [-0.1, -0.05) is 0 Å². The monoisotopic (exact) mass is 322 g/mol. The Morgan fingerprint density at radius 2 is 2.00 bits per heavy atom. The molecule has 1 saturated heterocycles. The molecule has 0 aliphatic carbocycles. The minimum absolute atomic E-state index is 0.0844. The highest BCUT2D eigenvalue weighted by atomic mass is 19.1. The van der Waals surface area contributed by atoms with Crippen molar-refractivity contribution in [2.75, 3.05) is 25.0 Å². The second-order valence-electron chi connectivity index (χ2n) is 6.91.